The molecule has 4 heteroatoms. The summed E-state index contributed by atoms with van der Waals surface area (Å²) in [5, 5.41) is 12.3. The predicted octanol–water partition coefficient (Wildman–Crippen LogP) is 1.50. The number of pyridine rings is 1. The SMILES string of the molecule is O=C(NCc1ccncc1)C1CCCCC1CO. The smallest absolute Gasteiger partial charge is 0.223 e. The van der Waals surface area contributed by atoms with E-state index in [0.29, 0.717) is 6.54 Å². The molecule has 1 aliphatic rings. The van der Waals surface area contributed by atoms with Gasteiger partial charge in [-0.2, -0.15) is 0 Å². The summed E-state index contributed by atoms with van der Waals surface area (Å²) in [6.07, 6.45) is 7.51. The van der Waals surface area contributed by atoms with E-state index < -0.39 is 0 Å². The predicted molar refractivity (Wildman–Crippen MR) is 68.6 cm³/mol. The molecule has 2 N–H and O–H groups in total. The first-order valence-electron chi connectivity index (χ1n) is 6.58. The van der Waals surface area contributed by atoms with E-state index in [0.717, 1.165) is 31.2 Å². The molecule has 0 aliphatic heterocycles. The highest BCUT2D eigenvalue weighted by Gasteiger charge is 2.29. The van der Waals surface area contributed by atoms with Crippen molar-refractivity contribution in [2.24, 2.45) is 11.8 Å². The molecular weight excluding hydrogens is 228 g/mol. The molecular formula is C14H20N2O2. The first kappa shape index (κ1) is 13.0. The molecule has 1 amide bonds. The van der Waals surface area contributed by atoms with E-state index in [9.17, 15) is 9.90 Å². The minimum atomic E-state index is -0.0226. The van der Waals surface area contributed by atoms with Crippen LogP contribution in [0.4, 0.5) is 0 Å². The second-order valence-corrected chi connectivity index (χ2v) is 4.91. The quantitative estimate of drug-likeness (QED) is 0.848. The van der Waals surface area contributed by atoms with Gasteiger partial charge in [-0.25, -0.2) is 0 Å². The molecule has 2 unspecified atom stereocenters. The van der Waals surface area contributed by atoms with Gasteiger partial charge in [0, 0.05) is 31.5 Å². The Balaban J connectivity index is 1.87. The van der Waals surface area contributed by atoms with Crippen LogP contribution >= 0.6 is 0 Å². The van der Waals surface area contributed by atoms with E-state index >= 15 is 0 Å². The fourth-order valence-electron chi connectivity index (χ4n) is 2.59. The van der Waals surface area contributed by atoms with Crippen molar-refractivity contribution in [1.82, 2.24) is 10.3 Å². The molecule has 2 rings (SSSR count). The van der Waals surface area contributed by atoms with Gasteiger partial charge < -0.3 is 10.4 Å². The molecule has 1 aromatic rings. The van der Waals surface area contributed by atoms with E-state index in [1.54, 1.807) is 12.4 Å². The van der Waals surface area contributed by atoms with Crippen LogP contribution in [0.15, 0.2) is 24.5 Å². The largest absolute Gasteiger partial charge is 0.396 e. The Morgan fingerprint density at radius 2 is 2.06 bits per heavy atom. The molecule has 1 heterocycles. The summed E-state index contributed by atoms with van der Waals surface area (Å²) >= 11 is 0. The first-order chi connectivity index (χ1) is 8.81. The second-order valence-electron chi connectivity index (χ2n) is 4.91. The summed E-state index contributed by atoms with van der Waals surface area (Å²) in [7, 11) is 0. The van der Waals surface area contributed by atoms with Crippen molar-refractivity contribution < 1.29 is 9.90 Å². The minimum absolute atomic E-state index is 0.0226. The number of nitrogens with zero attached hydrogens (tertiary/aromatic N) is 1. The van der Waals surface area contributed by atoms with Crippen molar-refractivity contribution in [2.45, 2.75) is 32.2 Å². The molecule has 1 saturated carbocycles. The van der Waals surface area contributed by atoms with Gasteiger partial charge in [0.2, 0.25) is 5.91 Å². The van der Waals surface area contributed by atoms with Crippen LogP contribution in [0, 0.1) is 11.8 Å². The van der Waals surface area contributed by atoms with E-state index in [1.165, 1.54) is 0 Å². The van der Waals surface area contributed by atoms with Crippen molar-refractivity contribution in [3.8, 4) is 0 Å². The maximum Gasteiger partial charge on any atom is 0.223 e. The maximum absolute atomic E-state index is 12.1. The Bertz CT molecular complexity index is 381. The molecule has 0 aromatic carbocycles. The Kier molecular flexibility index (Phi) is 4.70. The minimum Gasteiger partial charge on any atom is -0.396 e. The van der Waals surface area contributed by atoms with Gasteiger partial charge in [0.1, 0.15) is 0 Å². The Morgan fingerprint density at radius 1 is 1.33 bits per heavy atom. The van der Waals surface area contributed by atoms with Gasteiger partial charge in [0.25, 0.3) is 0 Å². The van der Waals surface area contributed by atoms with Gasteiger partial charge in [-0.3, -0.25) is 9.78 Å². The fraction of sp³-hybridized carbons (Fsp3) is 0.571. The van der Waals surface area contributed by atoms with Crippen LogP contribution in [-0.2, 0) is 11.3 Å². The Labute approximate surface area is 107 Å². The van der Waals surface area contributed by atoms with Gasteiger partial charge in [0.15, 0.2) is 0 Å². The summed E-state index contributed by atoms with van der Waals surface area (Å²) in [6.45, 7) is 0.656. The van der Waals surface area contributed by atoms with Crippen LogP contribution in [0.2, 0.25) is 0 Å². The Hall–Kier alpha value is -1.42. The van der Waals surface area contributed by atoms with Gasteiger partial charge in [-0.1, -0.05) is 12.8 Å². The second kappa shape index (κ2) is 6.50. The molecule has 0 radical (unpaired) electrons. The zero-order valence-electron chi connectivity index (χ0n) is 10.5. The number of nitrogens with one attached hydrogen (secondary N) is 1. The van der Waals surface area contributed by atoms with Crippen LogP contribution in [-0.4, -0.2) is 22.6 Å². The van der Waals surface area contributed by atoms with Crippen LogP contribution in [0.25, 0.3) is 0 Å². The third kappa shape index (κ3) is 3.29. The van der Waals surface area contributed by atoms with Crippen LogP contribution in [0.3, 0.4) is 0 Å². The molecule has 1 aliphatic carbocycles. The van der Waals surface area contributed by atoms with E-state index in [4.69, 9.17) is 0 Å². The molecule has 0 spiro atoms. The standard InChI is InChI=1S/C14H20N2O2/c17-10-12-3-1-2-4-13(12)14(18)16-9-11-5-7-15-8-6-11/h5-8,12-13,17H,1-4,9-10H2,(H,16,18). The number of aliphatic hydroxyl groups is 1. The zero-order valence-corrected chi connectivity index (χ0v) is 10.5. The number of carbonyl (C=O) groups is 1. The van der Waals surface area contributed by atoms with E-state index in [2.05, 4.69) is 10.3 Å². The molecule has 18 heavy (non-hydrogen) atoms. The highest BCUT2D eigenvalue weighted by molar-refractivity contribution is 5.79. The van der Waals surface area contributed by atoms with Crippen LogP contribution < -0.4 is 5.32 Å². The normalized spacial score (nSPS) is 23.6. The third-order valence-electron chi connectivity index (χ3n) is 3.70. The molecule has 2 atom stereocenters. The fourth-order valence-corrected chi connectivity index (χ4v) is 2.59. The van der Waals surface area contributed by atoms with Crippen molar-refractivity contribution >= 4 is 5.91 Å². The van der Waals surface area contributed by atoms with Crippen LogP contribution in [0.1, 0.15) is 31.2 Å². The number of aromatic nitrogens is 1. The Morgan fingerprint density at radius 3 is 2.78 bits per heavy atom. The lowest BCUT2D eigenvalue weighted by Crippen LogP contribution is -2.37. The first-order valence-corrected chi connectivity index (χ1v) is 6.58. The number of amides is 1. The molecule has 1 fully saturated rings. The summed E-state index contributed by atoms with van der Waals surface area (Å²) < 4.78 is 0. The average Bonchev–Trinajstić information content (AvgIpc) is 2.45. The topological polar surface area (TPSA) is 62.2 Å². The van der Waals surface area contributed by atoms with Crippen molar-refractivity contribution in [3.63, 3.8) is 0 Å². The highest BCUT2D eigenvalue weighted by atomic mass is 16.3. The number of aliphatic hydroxyl groups excluding tert-OH is 1. The van der Waals surface area contributed by atoms with Gasteiger partial charge in [-0.05, 0) is 36.5 Å². The third-order valence-corrected chi connectivity index (χ3v) is 3.70. The summed E-state index contributed by atoms with van der Waals surface area (Å²) in [4.78, 5) is 16.0. The summed E-state index contributed by atoms with van der Waals surface area (Å²) in [5.74, 6) is 0.187. The van der Waals surface area contributed by atoms with E-state index in [-0.39, 0.29) is 24.3 Å². The lowest BCUT2D eigenvalue weighted by molar-refractivity contribution is -0.128. The van der Waals surface area contributed by atoms with Gasteiger partial charge in [-0.15, -0.1) is 0 Å². The van der Waals surface area contributed by atoms with Gasteiger partial charge >= 0.3 is 0 Å². The number of carbonyl (C=O) groups excluding carboxylic acids is 1. The average molecular weight is 248 g/mol. The van der Waals surface area contributed by atoms with Gasteiger partial charge in [0.05, 0.1) is 0 Å². The summed E-state index contributed by atoms with van der Waals surface area (Å²) in [5.41, 5.74) is 1.05. The van der Waals surface area contributed by atoms with Crippen LogP contribution in [0.5, 0.6) is 0 Å². The molecule has 0 saturated heterocycles. The maximum atomic E-state index is 12.1. The number of hydrogen-bond donors (Lipinski definition) is 2. The lowest BCUT2D eigenvalue weighted by Gasteiger charge is -2.29. The molecule has 98 valence electrons. The number of rotatable bonds is 4. The molecule has 4 nitrogen and oxygen atoms in total. The highest BCUT2D eigenvalue weighted by Crippen LogP contribution is 2.29. The zero-order chi connectivity index (χ0) is 12.8. The monoisotopic (exact) mass is 248 g/mol. The molecule has 1 aromatic heterocycles. The number of hydrogen-bond acceptors (Lipinski definition) is 3. The van der Waals surface area contributed by atoms with Crippen molar-refractivity contribution in [2.75, 3.05) is 6.61 Å². The van der Waals surface area contributed by atoms with E-state index in [1.807, 2.05) is 12.1 Å². The van der Waals surface area contributed by atoms with Crippen molar-refractivity contribution in [3.05, 3.63) is 30.1 Å². The summed E-state index contributed by atoms with van der Waals surface area (Å²) in [6, 6.07) is 3.79. The molecule has 0 bridgehead atoms. The van der Waals surface area contributed by atoms with Crippen molar-refractivity contribution in [1.29, 1.82) is 0 Å². The lowest BCUT2D eigenvalue weighted by atomic mass is 9.79.